The zero-order valence-electron chi connectivity index (χ0n) is 13.5. The number of rotatable bonds is 4. The van der Waals surface area contributed by atoms with E-state index in [2.05, 4.69) is 24.2 Å². The molecule has 2 heterocycles. The van der Waals surface area contributed by atoms with Gasteiger partial charge in [0.15, 0.2) is 17.8 Å². The molecule has 1 N–H and O–H groups in total. The second-order valence-electron chi connectivity index (χ2n) is 5.87. The van der Waals surface area contributed by atoms with E-state index in [1.54, 1.807) is 13.4 Å². The molecular formula is C16H20N5O2+. The fourth-order valence-electron chi connectivity index (χ4n) is 2.81. The van der Waals surface area contributed by atoms with Crippen molar-refractivity contribution in [2.24, 2.45) is 14.1 Å². The smallest absolute Gasteiger partial charge is 0.316 e. The molecule has 0 fully saturated rings. The summed E-state index contributed by atoms with van der Waals surface area (Å²) in [4.78, 5) is 29.8. The molecule has 0 spiro atoms. The maximum absolute atomic E-state index is 12.4. The molecule has 2 aromatic heterocycles. The topological polar surface area (TPSA) is 66.3 Å². The van der Waals surface area contributed by atoms with Gasteiger partial charge in [0.25, 0.3) is 5.56 Å². The Morgan fingerprint density at radius 2 is 1.78 bits per heavy atom. The number of benzene rings is 1. The maximum Gasteiger partial charge on any atom is 0.332 e. The Balaban J connectivity index is 1.95. The maximum atomic E-state index is 12.4. The van der Waals surface area contributed by atoms with E-state index in [1.807, 2.05) is 22.8 Å². The summed E-state index contributed by atoms with van der Waals surface area (Å²) in [6, 6.07) is 10.2. The van der Waals surface area contributed by atoms with Crippen molar-refractivity contribution in [3.63, 3.8) is 0 Å². The van der Waals surface area contributed by atoms with Gasteiger partial charge in [-0.2, -0.15) is 0 Å². The van der Waals surface area contributed by atoms with Crippen molar-refractivity contribution in [1.29, 1.82) is 0 Å². The highest BCUT2D eigenvalue weighted by atomic mass is 16.2. The summed E-state index contributed by atoms with van der Waals surface area (Å²) in [6.45, 7) is 1.44. The zero-order chi connectivity index (χ0) is 16.6. The summed E-state index contributed by atoms with van der Waals surface area (Å²) >= 11 is 0. The summed E-state index contributed by atoms with van der Waals surface area (Å²) in [5.41, 5.74) is 1.44. The predicted octanol–water partition coefficient (Wildman–Crippen LogP) is -0.894. The lowest BCUT2D eigenvalue weighted by molar-refractivity contribution is -0.916. The van der Waals surface area contributed by atoms with Crippen LogP contribution in [0.5, 0.6) is 0 Å². The lowest BCUT2D eigenvalue weighted by atomic mass is 10.2. The molecular weight excluding hydrogens is 294 g/mol. The van der Waals surface area contributed by atoms with Crippen LogP contribution in [0.1, 0.15) is 5.56 Å². The lowest BCUT2D eigenvalue weighted by Gasteiger charge is -2.15. The van der Waals surface area contributed by atoms with E-state index < -0.39 is 0 Å². The SMILES string of the molecule is Cn1c(=O)c2c(ncn2C[NH+](C)Cc2ccccc2)n(C)c1=O. The van der Waals surface area contributed by atoms with Gasteiger partial charge in [-0.3, -0.25) is 18.5 Å². The van der Waals surface area contributed by atoms with Crippen LogP contribution in [-0.4, -0.2) is 25.7 Å². The van der Waals surface area contributed by atoms with Crippen LogP contribution in [0.25, 0.3) is 11.2 Å². The fourth-order valence-corrected chi connectivity index (χ4v) is 2.81. The predicted molar refractivity (Wildman–Crippen MR) is 87.2 cm³/mol. The van der Waals surface area contributed by atoms with Crippen molar-refractivity contribution in [2.45, 2.75) is 13.2 Å². The number of nitrogens with zero attached hydrogens (tertiary/aromatic N) is 4. The fraction of sp³-hybridized carbons (Fsp3) is 0.312. The molecule has 23 heavy (non-hydrogen) atoms. The highest BCUT2D eigenvalue weighted by Crippen LogP contribution is 2.03. The summed E-state index contributed by atoms with van der Waals surface area (Å²) in [7, 11) is 5.18. The van der Waals surface area contributed by atoms with Crippen molar-refractivity contribution in [3.8, 4) is 0 Å². The van der Waals surface area contributed by atoms with Crippen LogP contribution in [0.4, 0.5) is 0 Å². The average molecular weight is 314 g/mol. The molecule has 0 aliphatic carbocycles. The van der Waals surface area contributed by atoms with Gasteiger partial charge in [-0.25, -0.2) is 9.78 Å². The third-order valence-electron chi connectivity index (χ3n) is 4.01. The van der Waals surface area contributed by atoms with E-state index in [0.29, 0.717) is 17.8 Å². The standard InChI is InChI=1S/C16H19N5O2/c1-18(9-12-7-5-4-6-8-12)11-21-10-17-14-13(21)15(22)20(3)16(23)19(14)2/h4-8,10H,9,11H2,1-3H3/p+1. The first-order valence-corrected chi connectivity index (χ1v) is 7.45. The van der Waals surface area contributed by atoms with E-state index in [-0.39, 0.29) is 11.2 Å². The van der Waals surface area contributed by atoms with Gasteiger partial charge >= 0.3 is 5.69 Å². The van der Waals surface area contributed by atoms with E-state index in [1.165, 1.54) is 22.1 Å². The molecule has 3 aromatic rings. The Morgan fingerprint density at radius 3 is 2.48 bits per heavy atom. The number of aryl methyl sites for hydroxylation is 1. The van der Waals surface area contributed by atoms with E-state index >= 15 is 0 Å². The van der Waals surface area contributed by atoms with Crippen molar-refractivity contribution in [1.82, 2.24) is 18.7 Å². The highest BCUT2D eigenvalue weighted by molar-refractivity contribution is 5.69. The second-order valence-corrected chi connectivity index (χ2v) is 5.87. The minimum atomic E-state index is -0.363. The first-order chi connectivity index (χ1) is 11.0. The molecule has 7 heteroatoms. The Kier molecular flexibility index (Phi) is 3.87. The number of nitrogens with one attached hydrogen (secondary N) is 1. The summed E-state index contributed by atoms with van der Waals surface area (Å²) < 4.78 is 4.34. The van der Waals surface area contributed by atoms with Crippen molar-refractivity contribution >= 4 is 11.2 Å². The molecule has 0 aliphatic heterocycles. The molecule has 1 atom stereocenters. The van der Waals surface area contributed by atoms with Gasteiger partial charge in [-0.05, 0) is 0 Å². The van der Waals surface area contributed by atoms with Crippen molar-refractivity contribution < 1.29 is 4.90 Å². The van der Waals surface area contributed by atoms with Gasteiger partial charge in [0.2, 0.25) is 0 Å². The van der Waals surface area contributed by atoms with E-state index in [4.69, 9.17) is 0 Å². The van der Waals surface area contributed by atoms with Crippen LogP contribution in [0.3, 0.4) is 0 Å². The number of imidazole rings is 1. The largest absolute Gasteiger partial charge is 0.332 e. The molecule has 0 bridgehead atoms. The van der Waals surface area contributed by atoms with E-state index in [0.717, 1.165) is 11.1 Å². The summed E-state index contributed by atoms with van der Waals surface area (Å²) in [6.07, 6.45) is 1.62. The van der Waals surface area contributed by atoms with Gasteiger partial charge in [0.1, 0.15) is 12.9 Å². The van der Waals surface area contributed by atoms with Crippen LogP contribution in [0.2, 0.25) is 0 Å². The minimum Gasteiger partial charge on any atom is -0.316 e. The lowest BCUT2D eigenvalue weighted by Crippen LogP contribution is -3.06. The van der Waals surface area contributed by atoms with Gasteiger partial charge in [-0.1, -0.05) is 30.3 Å². The molecule has 0 saturated carbocycles. The first-order valence-electron chi connectivity index (χ1n) is 7.45. The van der Waals surface area contributed by atoms with Gasteiger partial charge in [0.05, 0.1) is 7.05 Å². The monoisotopic (exact) mass is 314 g/mol. The Bertz CT molecular complexity index is 952. The third-order valence-corrected chi connectivity index (χ3v) is 4.01. The minimum absolute atomic E-state index is 0.312. The number of hydrogen-bond donors (Lipinski definition) is 1. The first kappa shape index (κ1) is 15.2. The molecule has 0 saturated heterocycles. The quantitative estimate of drug-likeness (QED) is 0.679. The molecule has 1 aromatic carbocycles. The molecule has 3 rings (SSSR count). The molecule has 1 unspecified atom stereocenters. The normalized spacial score (nSPS) is 12.7. The number of fused-ring (bicyclic) bond motifs is 1. The van der Waals surface area contributed by atoms with Crippen molar-refractivity contribution in [3.05, 3.63) is 63.1 Å². The number of quaternary nitrogens is 1. The molecule has 0 aliphatic rings. The average Bonchev–Trinajstić information content (AvgIpc) is 2.95. The molecule has 0 amide bonds. The number of aromatic nitrogens is 4. The summed E-state index contributed by atoms with van der Waals surface area (Å²) in [5.74, 6) is 0. The zero-order valence-corrected chi connectivity index (χ0v) is 13.5. The van der Waals surface area contributed by atoms with Crippen LogP contribution < -0.4 is 16.1 Å². The molecule has 120 valence electrons. The third kappa shape index (κ3) is 2.70. The van der Waals surface area contributed by atoms with Crippen molar-refractivity contribution in [2.75, 3.05) is 7.05 Å². The Morgan fingerprint density at radius 1 is 1.09 bits per heavy atom. The van der Waals surface area contributed by atoms with Crippen LogP contribution in [-0.2, 0) is 27.3 Å². The van der Waals surface area contributed by atoms with Crippen LogP contribution in [0, 0.1) is 0 Å². The van der Waals surface area contributed by atoms with E-state index in [9.17, 15) is 9.59 Å². The highest BCUT2D eigenvalue weighted by Gasteiger charge is 2.16. The van der Waals surface area contributed by atoms with Gasteiger partial charge in [-0.15, -0.1) is 0 Å². The van der Waals surface area contributed by atoms with Crippen LogP contribution >= 0.6 is 0 Å². The Hall–Kier alpha value is -2.67. The summed E-state index contributed by atoms with van der Waals surface area (Å²) in [5, 5.41) is 0. The second kappa shape index (κ2) is 5.85. The van der Waals surface area contributed by atoms with Gasteiger partial charge in [0, 0.05) is 19.7 Å². The van der Waals surface area contributed by atoms with Gasteiger partial charge < -0.3 is 4.90 Å². The van der Waals surface area contributed by atoms with Crippen LogP contribution in [0.15, 0.2) is 46.2 Å². The Labute approximate surface area is 133 Å². The molecule has 0 radical (unpaired) electrons. The molecule has 7 nitrogen and oxygen atoms in total. The number of hydrogen-bond acceptors (Lipinski definition) is 3.